The number of nitrogens with zero attached hydrogens (tertiary/aromatic N) is 2. The molecule has 102 valence electrons. The van der Waals surface area contributed by atoms with Gasteiger partial charge in [-0.25, -0.2) is 4.98 Å². The van der Waals surface area contributed by atoms with Crippen molar-refractivity contribution in [2.75, 3.05) is 25.4 Å². The van der Waals surface area contributed by atoms with Crippen LogP contribution in [-0.4, -0.2) is 34.7 Å². The van der Waals surface area contributed by atoms with Crippen LogP contribution < -0.4 is 5.73 Å². The number of nitrogens with two attached hydrogens (primary N) is 1. The molecular weight excluding hydrogens is 242 g/mol. The van der Waals surface area contributed by atoms with Gasteiger partial charge >= 0.3 is 0 Å². The third-order valence-corrected chi connectivity index (χ3v) is 3.72. The highest BCUT2D eigenvalue weighted by Crippen LogP contribution is 2.23. The van der Waals surface area contributed by atoms with Crippen LogP contribution >= 0.6 is 0 Å². The lowest BCUT2D eigenvalue weighted by atomic mass is 10.1. The van der Waals surface area contributed by atoms with E-state index in [4.69, 9.17) is 15.3 Å². The van der Waals surface area contributed by atoms with E-state index in [1.165, 1.54) is 0 Å². The number of rotatable bonds is 4. The van der Waals surface area contributed by atoms with Gasteiger partial charge in [0.05, 0.1) is 6.54 Å². The predicted molar refractivity (Wildman–Crippen MR) is 73.5 cm³/mol. The Bertz CT molecular complexity index is 567. The fourth-order valence-electron chi connectivity index (χ4n) is 2.72. The average molecular weight is 261 g/mol. The first kappa shape index (κ1) is 12.4. The van der Waals surface area contributed by atoms with Gasteiger partial charge in [-0.2, -0.15) is 0 Å². The maximum Gasteiger partial charge on any atom is 0.209 e. The third-order valence-electron chi connectivity index (χ3n) is 3.72. The minimum absolute atomic E-state index is 0.278. The molecule has 19 heavy (non-hydrogen) atoms. The van der Waals surface area contributed by atoms with Gasteiger partial charge in [-0.05, 0) is 37.4 Å². The van der Waals surface area contributed by atoms with E-state index in [1.807, 2.05) is 18.2 Å². The molecule has 1 unspecified atom stereocenters. The Hall–Kier alpha value is -1.59. The Balaban J connectivity index is 1.68. The minimum Gasteiger partial charge on any atom is -0.439 e. The van der Waals surface area contributed by atoms with Gasteiger partial charge in [0.1, 0.15) is 5.52 Å². The fourth-order valence-corrected chi connectivity index (χ4v) is 2.72. The number of benzene rings is 1. The molecule has 1 aromatic carbocycles. The summed E-state index contributed by atoms with van der Waals surface area (Å²) in [6.07, 6.45) is 2.04. The molecule has 0 amide bonds. The van der Waals surface area contributed by atoms with Crippen molar-refractivity contribution in [2.24, 2.45) is 5.92 Å². The third kappa shape index (κ3) is 2.72. The zero-order chi connectivity index (χ0) is 13.2. The van der Waals surface area contributed by atoms with Crippen molar-refractivity contribution < 1.29 is 9.52 Å². The maximum atomic E-state index is 8.96. The van der Waals surface area contributed by atoms with Crippen LogP contribution in [0.25, 0.3) is 11.1 Å². The molecule has 3 N–H and O–H groups in total. The number of fused-ring (bicyclic) bond motifs is 1. The summed E-state index contributed by atoms with van der Waals surface area (Å²) in [7, 11) is 0. The lowest BCUT2D eigenvalue weighted by molar-refractivity contribution is 0.243. The zero-order valence-corrected chi connectivity index (χ0v) is 10.9. The van der Waals surface area contributed by atoms with Gasteiger partial charge in [0, 0.05) is 24.9 Å². The Morgan fingerprint density at radius 2 is 2.37 bits per heavy atom. The number of oxazole rings is 1. The molecule has 1 atom stereocenters. The highest BCUT2D eigenvalue weighted by atomic mass is 16.3. The molecule has 5 nitrogen and oxygen atoms in total. The summed E-state index contributed by atoms with van der Waals surface area (Å²) in [5, 5.41) is 8.96. The molecule has 0 spiro atoms. The molecule has 3 rings (SSSR count). The topological polar surface area (TPSA) is 75.5 Å². The molecule has 0 bridgehead atoms. The van der Waals surface area contributed by atoms with Crippen molar-refractivity contribution in [2.45, 2.75) is 19.4 Å². The van der Waals surface area contributed by atoms with Crippen LogP contribution in [0.15, 0.2) is 22.6 Å². The zero-order valence-electron chi connectivity index (χ0n) is 10.9. The summed E-state index contributed by atoms with van der Waals surface area (Å²) in [5.41, 5.74) is 8.03. The van der Waals surface area contributed by atoms with Gasteiger partial charge in [0.25, 0.3) is 0 Å². The summed E-state index contributed by atoms with van der Waals surface area (Å²) in [6, 6.07) is 5.53. The molecule has 1 aromatic heterocycles. The van der Waals surface area contributed by atoms with Crippen LogP contribution in [0.3, 0.4) is 0 Å². The standard InChI is InChI=1S/C14H19N3O2/c15-11-1-2-12-13(7-11)19-14(16-12)9-17-5-3-10(8-17)4-6-18/h1-2,7,10,18H,3-6,8-9,15H2. The number of nitrogen functional groups attached to an aromatic ring is 1. The van der Waals surface area contributed by atoms with Crippen LogP contribution in [0.1, 0.15) is 18.7 Å². The molecular formula is C14H19N3O2. The monoisotopic (exact) mass is 261 g/mol. The van der Waals surface area contributed by atoms with Crippen LogP contribution in [0.4, 0.5) is 5.69 Å². The van der Waals surface area contributed by atoms with E-state index >= 15 is 0 Å². The Morgan fingerprint density at radius 3 is 3.21 bits per heavy atom. The maximum absolute atomic E-state index is 8.96. The number of likely N-dealkylation sites (tertiary alicyclic amines) is 1. The van der Waals surface area contributed by atoms with E-state index in [9.17, 15) is 0 Å². The second kappa shape index (κ2) is 5.19. The van der Waals surface area contributed by atoms with Crippen molar-refractivity contribution in [3.05, 3.63) is 24.1 Å². The molecule has 0 saturated carbocycles. The van der Waals surface area contributed by atoms with E-state index in [1.54, 1.807) is 0 Å². The Kier molecular flexibility index (Phi) is 3.40. The van der Waals surface area contributed by atoms with Crippen LogP contribution in [0.2, 0.25) is 0 Å². The van der Waals surface area contributed by atoms with Gasteiger partial charge in [0.2, 0.25) is 5.89 Å². The van der Waals surface area contributed by atoms with E-state index < -0.39 is 0 Å². The van der Waals surface area contributed by atoms with E-state index in [2.05, 4.69) is 9.88 Å². The van der Waals surface area contributed by atoms with Gasteiger partial charge < -0.3 is 15.3 Å². The van der Waals surface area contributed by atoms with Gasteiger partial charge in [-0.1, -0.05) is 0 Å². The van der Waals surface area contributed by atoms with Crippen molar-refractivity contribution in [1.29, 1.82) is 0 Å². The van der Waals surface area contributed by atoms with Crippen molar-refractivity contribution in [3.63, 3.8) is 0 Å². The number of aromatic nitrogens is 1. The van der Waals surface area contributed by atoms with Gasteiger partial charge in [0.15, 0.2) is 5.58 Å². The molecule has 1 fully saturated rings. The molecule has 2 aromatic rings. The van der Waals surface area contributed by atoms with Gasteiger partial charge in [-0.3, -0.25) is 4.90 Å². The minimum atomic E-state index is 0.278. The smallest absolute Gasteiger partial charge is 0.209 e. The number of aliphatic hydroxyl groups is 1. The largest absolute Gasteiger partial charge is 0.439 e. The molecule has 0 aliphatic carbocycles. The van der Waals surface area contributed by atoms with Crippen LogP contribution in [0.5, 0.6) is 0 Å². The summed E-state index contributed by atoms with van der Waals surface area (Å²) >= 11 is 0. The normalized spacial score (nSPS) is 20.4. The quantitative estimate of drug-likeness (QED) is 0.818. The number of hydrogen-bond donors (Lipinski definition) is 2. The van der Waals surface area contributed by atoms with E-state index in [0.717, 1.165) is 49.5 Å². The lowest BCUT2D eigenvalue weighted by Gasteiger charge is -2.12. The average Bonchev–Trinajstić information content (AvgIpc) is 2.96. The van der Waals surface area contributed by atoms with Crippen molar-refractivity contribution in [3.8, 4) is 0 Å². The summed E-state index contributed by atoms with van der Waals surface area (Å²) in [4.78, 5) is 6.80. The molecule has 1 aliphatic heterocycles. The first-order chi connectivity index (χ1) is 9.24. The summed E-state index contributed by atoms with van der Waals surface area (Å²) in [5.74, 6) is 1.34. The molecule has 2 heterocycles. The number of anilines is 1. The van der Waals surface area contributed by atoms with Crippen molar-refractivity contribution in [1.82, 2.24) is 9.88 Å². The fraction of sp³-hybridized carbons (Fsp3) is 0.500. The lowest BCUT2D eigenvalue weighted by Crippen LogP contribution is -2.20. The van der Waals surface area contributed by atoms with E-state index in [0.29, 0.717) is 11.6 Å². The number of aliphatic hydroxyl groups excluding tert-OH is 1. The highest BCUT2D eigenvalue weighted by molar-refractivity contribution is 5.76. The molecule has 1 aliphatic rings. The van der Waals surface area contributed by atoms with Crippen LogP contribution in [0, 0.1) is 5.92 Å². The van der Waals surface area contributed by atoms with Gasteiger partial charge in [-0.15, -0.1) is 0 Å². The molecule has 0 radical (unpaired) electrons. The predicted octanol–water partition coefficient (Wildman–Crippen LogP) is 1.61. The first-order valence-electron chi connectivity index (χ1n) is 6.73. The molecule has 5 heteroatoms. The highest BCUT2D eigenvalue weighted by Gasteiger charge is 2.23. The second-order valence-electron chi connectivity index (χ2n) is 5.24. The molecule has 1 saturated heterocycles. The summed E-state index contributed by atoms with van der Waals surface area (Å²) < 4.78 is 5.72. The van der Waals surface area contributed by atoms with Crippen molar-refractivity contribution >= 4 is 16.8 Å². The Labute approximate surface area is 112 Å². The second-order valence-corrected chi connectivity index (χ2v) is 5.24. The van der Waals surface area contributed by atoms with Crippen LogP contribution in [-0.2, 0) is 6.54 Å². The Morgan fingerprint density at radius 1 is 1.47 bits per heavy atom. The van der Waals surface area contributed by atoms with E-state index in [-0.39, 0.29) is 6.61 Å². The SMILES string of the molecule is Nc1ccc2nc(CN3CCC(CCO)C3)oc2c1. The summed E-state index contributed by atoms with van der Waals surface area (Å²) in [6.45, 7) is 3.07. The first-order valence-corrected chi connectivity index (χ1v) is 6.73. The number of hydrogen-bond acceptors (Lipinski definition) is 5.